The van der Waals surface area contributed by atoms with Crippen molar-refractivity contribution in [3.05, 3.63) is 77.0 Å². The summed E-state index contributed by atoms with van der Waals surface area (Å²) >= 11 is 0. The number of benzene rings is 1. The molecule has 3 N–H and O–H groups in total. The minimum Gasteiger partial charge on any atom is -0.453 e. The molecule has 2 fully saturated rings. The molecule has 4 heterocycles. The van der Waals surface area contributed by atoms with Crippen molar-refractivity contribution in [3.63, 3.8) is 0 Å². The van der Waals surface area contributed by atoms with Crippen LogP contribution in [0, 0.1) is 23.4 Å². The fraction of sp³-hybridized carbons (Fsp3) is 0.419. The second kappa shape index (κ2) is 12.9. The zero-order valence-corrected chi connectivity index (χ0v) is 24.3. The number of rotatable bonds is 7. The van der Waals surface area contributed by atoms with Crippen molar-refractivity contribution in [1.82, 2.24) is 15.3 Å². The summed E-state index contributed by atoms with van der Waals surface area (Å²) in [5, 5.41) is 2.77. The Morgan fingerprint density at radius 1 is 1.11 bits per heavy atom. The summed E-state index contributed by atoms with van der Waals surface area (Å²) < 4.78 is 70.6. The average Bonchev–Trinajstić information content (AvgIpc) is 2.99. The number of amides is 1. The Hall–Kier alpha value is -4.10. The lowest BCUT2D eigenvalue weighted by Gasteiger charge is -2.42. The first kappa shape index (κ1) is 31.3. The van der Waals surface area contributed by atoms with Gasteiger partial charge < -0.3 is 25.4 Å². The maximum atomic E-state index is 15.4. The molecule has 234 valence electrons. The van der Waals surface area contributed by atoms with Crippen LogP contribution in [0.5, 0.6) is 0 Å². The predicted molar refractivity (Wildman–Crippen MR) is 153 cm³/mol. The predicted octanol–water partition coefficient (Wildman–Crippen LogP) is 4.47. The second-order valence-corrected chi connectivity index (χ2v) is 11.2. The van der Waals surface area contributed by atoms with Crippen molar-refractivity contribution in [3.8, 4) is 11.3 Å². The number of nitrogens with zero attached hydrogens (tertiary/aromatic N) is 3. The molecule has 1 aromatic carbocycles. The first-order valence-electron chi connectivity index (χ1n) is 14.2. The van der Waals surface area contributed by atoms with Gasteiger partial charge in [-0.05, 0) is 41.8 Å². The van der Waals surface area contributed by atoms with Crippen molar-refractivity contribution < 1.29 is 36.6 Å². The van der Waals surface area contributed by atoms with Gasteiger partial charge in [-0.3, -0.25) is 9.78 Å². The van der Waals surface area contributed by atoms with Crippen LogP contribution in [0.15, 0.2) is 42.7 Å². The van der Waals surface area contributed by atoms with E-state index in [-0.39, 0.29) is 55.7 Å². The van der Waals surface area contributed by atoms with Crippen LogP contribution in [0.3, 0.4) is 0 Å². The van der Waals surface area contributed by atoms with Crippen molar-refractivity contribution in [1.29, 1.82) is 0 Å². The lowest BCUT2D eigenvalue weighted by Crippen LogP contribution is -2.62. The molecule has 0 radical (unpaired) electrons. The fourth-order valence-electron chi connectivity index (χ4n) is 5.91. The quantitative estimate of drug-likeness (QED) is 0.295. The lowest BCUT2D eigenvalue weighted by atomic mass is 9.87. The molecule has 2 aliphatic rings. The zero-order valence-electron chi connectivity index (χ0n) is 24.3. The number of alkyl carbamates (subject to hydrolysis) is 1. The molecule has 1 amide bonds. The molecule has 0 saturated carbocycles. The third-order valence-corrected chi connectivity index (χ3v) is 8.27. The second-order valence-electron chi connectivity index (χ2n) is 11.2. The maximum Gasteiger partial charge on any atom is 0.407 e. The number of nitrogens with one attached hydrogen (secondary N) is 1. The van der Waals surface area contributed by atoms with E-state index in [1.807, 2.05) is 11.8 Å². The van der Waals surface area contributed by atoms with Crippen LogP contribution >= 0.6 is 0 Å². The summed E-state index contributed by atoms with van der Waals surface area (Å²) in [6.45, 7) is 3.03. The zero-order chi connectivity index (χ0) is 31.6. The number of Topliss-reactive ketones (excluding diaryl/α,β-unsaturated/α-hetero) is 1. The maximum absolute atomic E-state index is 15.4. The Morgan fingerprint density at radius 3 is 2.48 bits per heavy atom. The molecule has 2 aromatic heterocycles. The number of pyridine rings is 2. The molecule has 0 unspecified atom stereocenters. The van der Waals surface area contributed by atoms with E-state index in [4.69, 9.17) is 15.2 Å². The Labute approximate surface area is 251 Å². The van der Waals surface area contributed by atoms with Gasteiger partial charge in [0.25, 0.3) is 0 Å². The van der Waals surface area contributed by atoms with E-state index in [9.17, 15) is 14.0 Å². The number of carbonyl (C=O) groups is 2. The van der Waals surface area contributed by atoms with Crippen LogP contribution in [0.1, 0.15) is 41.4 Å². The van der Waals surface area contributed by atoms with Crippen LogP contribution in [0.2, 0.25) is 0 Å². The summed E-state index contributed by atoms with van der Waals surface area (Å²) in [5.74, 6) is -4.02. The number of aromatic nitrogens is 2. The third-order valence-electron chi connectivity index (χ3n) is 8.27. The Kier molecular flexibility index (Phi) is 9.16. The van der Waals surface area contributed by atoms with Gasteiger partial charge >= 0.3 is 6.09 Å². The highest BCUT2D eigenvalue weighted by Crippen LogP contribution is 2.39. The van der Waals surface area contributed by atoms with Gasteiger partial charge in [0, 0.05) is 75.3 Å². The number of piperidine rings is 1. The molecule has 0 aliphatic carbocycles. The van der Waals surface area contributed by atoms with E-state index in [0.29, 0.717) is 24.3 Å². The van der Waals surface area contributed by atoms with Gasteiger partial charge in [0.1, 0.15) is 34.5 Å². The van der Waals surface area contributed by atoms with Gasteiger partial charge in [0.15, 0.2) is 5.78 Å². The topological polar surface area (TPSA) is 120 Å². The highest BCUT2D eigenvalue weighted by atomic mass is 19.1. The number of halogens is 4. The first-order chi connectivity index (χ1) is 21.0. The third kappa shape index (κ3) is 6.39. The molecule has 3 atom stereocenters. The number of ketones is 1. The Balaban J connectivity index is 1.38. The summed E-state index contributed by atoms with van der Waals surface area (Å²) in [4.78, 5) is 35.3. The summed E-state index contributed by atoms with van der Waals surface area (Å²) in [6, 6.07) is 4.72. The summed E-state index contributed by atoms with van der Waals surface area (Å²) in [6.07, 6.45) is 2.20. The van der Waals surface area contributed by atoms with E-state index >= 15 is 13.2 Å². The molecule has 3 aromatic rings. The van der Waals surface area contributed by atoms with Crippen molar-refractivity contribution in [2.45, 2.75) is 43.9 Å². The number of hydrogen-bond donors (Lipinski definition) is 2. The van der Waals surface area contributed by atoms with Gasteiger partial charge in [-0.2, -0.15) is 0 Å². The van der Waals surface area contributed by atoms with Crippen molar-refractivity contribution in [2.24, 2.45) is 11.7 Å². The van der Waals surface area contributed by atoms with Crippen molar-refractivity contribution in [2.75, 3.05) is 38.3 Å². The van der Waals surface area contributed by atoms with E-state index < -0.39 is 52.3 Å². The Bertz CT molecular complexity index is 1520. The van der Waals surface area contributed by atoms with Gasteiger partial charge in [-0.1, -0.05) is 6.92 Å². The number of hydrogen-bond acceptors (Lipinski definition) is 8. The molecule has 0 bridgehead atoms. The number of anilines is 1. The number of carbonyl (C=O) groups excluding carboxylic acids is 2. The van der Waals surface area contributed by atoms with Gasteiger partial charge in [-0.15, -0.1) is 0 Å². The molecular weight excluding hydrogens is 582 g/mol. The molecule has 0 spiro atoms. The molecule has 44 heavy (non-hydrogen) atoms. The molecule has 9 nitrogen and oxygen atoms in total. The molecule has 2 aliphatic heterocycles. The van der Waals surface area contributed by atoms with Gasteiger partial charge in [0.05, 0.1) is 18.7 Å². The highest BCUT2D eigenvalue weighted by molar-refractivity contribution is 5.97. The van der Waals surface area contributed by atoms with Crippen LogP contribution < -0.4 is 16.0 Å². The fourth-order valence-corrected chi connectivity index (χ4v) is 5.91. The molecule has 2 saturated heterocycles. The standard InChI is InChI=1S/C31H33F4N5O4/c1-17-15-40(16-23(36)28(17)39-30(42)43-2)25-5-8-37-14-18(25)11-26(41)24-4-3-20(32)29(38-24)27-21(33)12-19(13-22(27)34)31(35)6-9-44-10-7-31/h3-5,8,12-14,17,23,28H,6-7,9-11,15-16,36H2,1-2H3,(H,39,42)/t17-,23+,28-/m0/s1. The van der Waals surface area contributed by atoms with E-state index in [1.165, 1.54) is 13.3 Å². The number of nitrogens with two attached hydrogens (primary N) is 1. The van der Waals surface area contributed by atoms with Crippen LogP contribution in [0.25, 0.3) is 11.3 Å². The SMILES string of the molecule is COC(=O)N[C@@H]1[C@H](N)CN(c2ccncc2CC(=O)c2ccc(F)c(-c3c(F)cc(C4(F)CCOCC4)cc3F)n2)C[C@@H]1C. The average molecular weight is 616 g/mol. The van der Waals surface area contributed by atoms with E-state index in [2.05, 4.69) is 15.3 Å². The van der Waals surface area contributed by atoms with Gasteiger partial charge in [-0.25, -0.2) is 27.3 Å². The number of alkyl halides is 1. The molecule has 13 heteroatoms. The molecule has 5 rings (SSSR count). The van der Waals surface area contributed by atoms with Crippen LogP contribution in [0.4, 0.5) is 28.0 Å². The number of ether oxygens (including phenoxy) is 2. The Morgan fingerprint density at radius 2 is 1.82 bits per heavy atom. The lowest BCUT2D eigenvalue weighted by molar-refractivity contribution is -0.0117. The van der Waals surface area contributed by atoms with Crippen LogP contribution in [-0.4, -0.2) is 67.3 Å². The number of methoxy groups -OCH3 is 1. The normalized spacial score (nSPS) is 21.5. The summed E-state index contributed by atoms with van der Waals surface area (Å²) in [5.41, 5.74) is 3.75. The monoisotopic (exact) mass is 615 g/mol. The van der Waals surface area contributed by atoms with Gasteiger partial charge in [0.2, 0.25) is 0 Å². The van der Waals surface area contributed by atoms with E-state index in [0.717, 1.165) is 24.3 Å². The smallest absolute Gasteiger partial charge is 0.407 e. The largest absolute Gasteiger partial charge is 0.453 e. The summed E-state index contributed by atoms with van der Waals surface area (Å²) in [7, 11) is 1.28. The van der Waals surface area contributed by atoms with Crippen molar-refractivity contribution >= 4 is 17.6 Å². The highest BCUT2D eigenvalue weighted by Gasteiger charge is 2.37. The van der Waals surface area contributed by atoms with E-state index in [1.54, 1.807) is 12.3 Å². The minimum atomic E-state index is -1.97. The minimum absolute atomic E-state index is 0.0641. The molecular formula is C31H33F4N5O4. The van der Waals surface area contributed by atoms with Crippen LogP contribution in [-0.2, 0) is 21.6 Å². The first-order valence-corrected chi connectivity index (χ1v) is 14.2.